The number of carbonyl (C=O) groups excluding carboxylic acids is 1. The van der Waals surface area contributed by atoms with Crippen molar-refractivity contribution in [2.24, 2.45) is 5.92 Å². The molecule has 1 saturated heterocycles. The number of amides is 1. The number of thiol groups is 1. The first-order valence-corrected chi connectivity index (χ1v) is 14.0. The van der Waals surface area contributed by atoms with Gasteiger partial charge in [0.05, 0.1) is 22.2 Å². The van der Waals surface area contributed by atoms with Crippen LogP contribution in [0.3, 0.4) is 0 Å². The Kier molecular flexibility index (Phi) is 4.51. The standard InChI is InChI=1S/C27H26N6O2S/c1-15-9-19(7-8-20(15)18-12-28-29-13-18)32-23(34)10-17-11-24-33(14-17)27-26-25(30-16(2)31-27)21-5-3-4-6-22(21)36(24,26)35/h3-9,12-13,17,24,36H,10-11,14H2,1-2H3,(H,28,29)(H,32,34). The molecule has 182 valence electrons. The van der Waals surface area contributed by atoms with Crippen LogP contribution in [0.25, 0.3) is 22.4 Å². The summed E-state index contributed by atoms with van der Waals surface area (Å²) in [5.41, 5.74) is 5.74. The van der Waals surface area contributed by atoms with Crippen molar-refractivity contribution in [2.75, 3.05) is 16.8 Å². The number of anilines is 2. The van der Waals surface area contributed by atoms with Gasteiger partial charge in [-0.15, -0.1) is 0 Å². The van der Waals surface area contributed by atoms with Crippen molar-refractivity contribution in [3.63, 3.8) is 0 Å². The molecule has 8 nitrogen and oxygen atoms in total. The van der Waals surface area contributed by atoms with Gasteiger partial charge in [0, 0.05) is 40.9 Å². The van der Waals surface area contributed by atoms with Crippen molar-refractivity contribution in [1.29, 1.82) is 0 Å². The second-order valence-corrected chi connectivity index (χ2v) is 12.8. The van der Waals surface area contributed by atoms with Gasteiger partial charge in [-0.25, -0.2) is 9.97 Å². The maximum absolute atomic E-state index is 14.7. The Labute approximate surface area is 209 Å². The molecule has 2 aromatic carbocycles. The number of nitrogens with zero attached hydrogens (tertiary/aromatic N) is 4. The van der Waals surface area contributed by atoms with Crippen LogP contribution in [0.15, 0.2) is 64.6 Å². The minimum atomic E-state index is -2.88. The molecule has 1 fully saturated rings. The molecule has 5 heterocycles. The summed E-state index contributed by atoms with van der Waals surface area (Å²) >= 11 is 0. The van der Waals surface area contributed by atoms with Crippen LogP contribution in [0, 0.1) is 19.8 Å². The SMILES string of the molecule is Cc1nc2c3c(n1)N1CC(CC(=O)Nc4ccc(-c5cn[nH]c5)c(C)c4)CC1[SH]3(=O)c1ccccc1-2. The number of carbonyl (C=O) groups is 1. The number of hydrogen-bond acceptors (Lipinski definition) is 6. The van der Waals surface area contributed by atoms with Crippen molar-refractivity contribution in [1.82, 2.24) is 20.2 Å². The normalized spacial score (nSPS) is 21.1. The Bertz CT molecular complexity index is 1600. The Morgan fingerprint density at radius 1 is 1.17 bits per heavy atom. The molecule has 0 radical (unpaired) electrons. The fourth-order valence-corrected chi connectivity index (χ4v) is 10.1. The van der Waals surface area contributed by atoms with E-state index in [1.54, 1.807) is 6.20 Å². The number of rotatable bonds is 4. The molecule has 1 amide bonds. The summed E-state index contributed by atoms with van der Waals surface area (Å²) in [4.78, 5) is 26.3. The summed E-state index contributed by atoms with van der Waals surface area (Å²) < 4.78 is 14.7. The van der Waals surface area contributed by atoms with E-state index in [1.807, 2.05) is 62.5 Å². The molecule has 2 atom stereocenters. The summed E-state index contributed by atoms with van der Waals surface area (Å²) in [6.07, 6.45) is 4.72. The van der Waals surface area contributed by atoms with E-state index < -0.39 is 9.93 Å². The highest BCUT2D eigenvalue weighted by atomic mass is 32.2. The summed E-state index contributed by atoms with van der Waals surface area (Å²) in [7, 11) is -2.88. The first kappa shape index (κ1) is 21.4. The minimum absolute atomic E-state index is 0.0264. The van der Waals surface area contributed by atoms with Gasteiger partial charge in [-0.05, 0) is 65.4 Å². The third kappa shape index (κ3) is 2.95. The Morgan fingerprint density at radius 3 is 2.83 bits per heavy atom. The Hall–Kier alpha value is -3.85. The number of aryl methyl sites for hydroxylation is 2. The molecule has 4 aromatic rings. The number of benzene rings is 2. The van der Waals surface area contributed by atoms with Gasteiger partial charge in [-0.1, -0.05) is 24.3 Å². The summed E-state index contributed by atoms with van der Waals surface area (Å²) in [6.45, 7) is 4.58. The lowest BCUT2D eigenvalue weighted by Crippen LogP contribution is -2.33. The van der Waals surface area contributed by atoms with Crippen LogP contribution in [0.4, 0.5) is 11.5 Å². The van der Waals surface area contributed by atoms with Gasteiger partial charge in [0.25, 0.3) is 0 Å². The van der Waals surface area contributed by atoms with Crippen LogP contribution < -0.4 is 10.2 Å². The zero-order valence-electron chi connectivity index (χ0n) is 20.0. The molecule has 2 N–H and O–H groups in total. The van der Waals surface area contributed by atoms with Crippen LogP contribution >= 0.6 is 0 Å². The third-order valence-electron chi connectivity index (χ3n) is 7.67. The zero-order valence-corrected chi connectivity index (χ0v) is 20.9. The third-order valence-corrected chi connectivity index (χ3v) is 11.2. The average molecular weight is 499 g/mol. The van der Waals surface area contributed by atoms with E-state index in [2.05, 4.69) is 25.4 Å². The molecule has 9 heteroatoms. The minimum Gasteiger partial charge on any atom is -0.342 e. The zero-order chi connectivity index (χ0) is 24.6. The van der Waals surface area contributed by atoms with Crippen LogP contribution in [0.2, 0.25) is 0 Å². The number of hydrogen-bond donors (Lipinski definition) is 3. The molecular weight excluding hydrogens is 472 g/mol. The monoisotopic (exact) mass is 498 g/mol. The number of nitrogens with one attached hydrogen (secondary N) is 2. The topological polar surface area (TPSA) is 104 Å². The lowest BCUT2D eigenvalue weighted by atomic mass is 10.0. The molecule has 0 bridgehead atoms. The van der Waals surface area contributed by atoms with Crippen LogP contribution in [-0.2, 0) is 14.7 Å². The average Bonchev–Trinajstić information content (AvgIpc) is 3.61. The van der Waals surface area contributed by atoms with E-state index in [1.165, 1.54) is 0 Å². The van der Waals surface area contributed by atoms with Gasteiger partial charge in [-0.2, -0.15) is 5.10 Å². The molecule has 2 unspecified atom stereocenters. The molecule has 36 heavy (non-hydrogen) atoms. The molecule has 3 aliphatic heterocycles. The van der Waals surface area contributed by atoms with Gasteiger partial charge in [0.2, 0.25) is 5.91 Å². The smallest absolute Gasteiger partial charge is 0.224 e. The van der Waals surface area contributed by atoms with E-state index in [0.717, 1.165) is 49.2 Å². The predicted octanol–water partition coefficient (Wildman–Crippen LogP) is 4.09. The van der Waals surface area contributed by atoms with Gasteiger partial charge in [0.15, 0.2) is 0 Å². The van der Waals surface area contributed by atoms with E-state index in [0.29, 0.717) is 25.2 Å². The first-order valence-electron chi connectivity index (χ1n) is 12.2. The predicted molar refractivity (Wildman–Crippen MR) is 140 cm³/mol. The van der Waals surface area contributed by atoms with Crippen molar-refractivity contribution >= 4 is 27.3 Å². The highest BCUT2D eigenvalue weighted by molar-refractivity contribution is 8.04. The van der Waals surface area contributed by atoms with Gasteiger partial charge in [0.1, 0.15) is 11.6 Å². The van der Waals surface area contributed by atoms with Crippen molar-refractivity contribution in [3.8, 4) is 22.4 Å². The van der Waals surface area contributed by atoms with Crippen LogP contribution in [0.5, 0.6) is 0 Å². The number of H-pyrrole nitrogens is 1. The highest BCUT2D eigenvalue weighted by Gasteiger charge is 2.55. The number of aromatic amines is 1. The lowest BCUT2D eigenvalue weighted by Gasteiger charge is -2.25. The quantitative estimate of drug-likeness (QED) is 0.366. The Morgan fingerprint density at radius 2 is 2.03 bits per heavy atom. The lowest BCUT2D eigenvalue weighted by molar-refractivity contribution is -0.116. The molecule has 2 aromatic heterocycles. The first-order chi connectivity index (χ1) is 17.4. The van der Waals surface area contributed by atoms with Crippen LogP contribution in [0.1, 0.15) is 24.2 Å². The van der Waals surface area contributed by atoms with E-state index in [-0.39, 0.29) is 17.2 Å². The van der Waals surface area contributed by atoms with Gasteiger partial charge < -0.3 is 10.2 Å². The molecular formula is C27H26N6O2S. The fraction of sp³-hybridized carbons (Fsp3) is 0.259. The highest BCUT2D eigenvalue weighted by Crippen LogP contribution is 2.59. The second kappa shape index (κ2) is 7.57. The molecule has 0 aliphatic carbocycles. The van der Waals surface area contributed by atoms with E-state index in [4.69, 9.17) is 4.98 Å². The van der Waals surface area contributed by atoms with Crippen molar-refractivity contribution in [2.45, 2.75) is 41.9 Å². The largest absolute Gasteiger partial charge is 0.342 e. The van der Waals surface area contributed by atoms with E-state index in [9.17, 15) is 9.00 Å². The van der Waals surface area contributed by atoms with E-state index >= 15 is 0 Å². The fourth-order valence-electron chi connectivity index (χ4n) is 6.20. The Balaban J connectivity index is 1.12. The maximum Gasteiger partial charge on any atom is 0.224 e. The van der Waals surface area contributed by atoms with Gasteiger partial charge >= 0.3 is 0 Å². The molecule has 0 saturated carbocycles. The molecule has 0 spiro atoms. The maximum atomic E-state index is 14.7. The van der Waals surface area contributed by atoms with Crippen LogP contribution in [-0.4, -0.2) is 42.2 Å². The van der Waals surface area contributed by atoms with Crippen molar-refractivity contribution < 1.29 is 9.00 Å². The molecule has 3 aliphatic rings. The summed E-state index contributed by atoms with van der Waals surface area (Å²) in [5, 5.41) is 9.76. The van der Waals surface area contributed by atoms with Crippen molar-refractivity contribution in [3.05, 3.63) is 66.2 Å². The molecule has 7 rings (SSSR count). The second-order valence-electron chi connectivity index (χ2n) is 9.97. The van der Waals surface area contributed by atoms with Gasteiger partial charge in [-0.3, -0.25) is 14.1 Å². The summed E-state index contributed by atoms with van der Waals surface area (Å²) in [5.74, 6) is 1.56. The number of aromatic nitrogens is 4. The summed E-state index contributed by atoms with van der Waals surface area (Å²) in [6, 6.07) is 13.8. The number of fused-ring (bicyclic) bond motifs is 6.